The van der Waals surface area contributed by atoms with Gasteiger partial charge in [-0.05, 0) is 0 Å². The summed E-state index contributed by atoms with van der Waals surface area (Å²) in [6.45, 7) is 16.8. The molecule has 116 valence electrons. The first-order valence-electron chi connectivity index (χ1n) is 7.02. The molecule has 0 aliphatic rings. The summed E-state index contributed by atoms with van der Waals surface area (Å²) in [6, 6.07) is 10.3. The van der Waals surface area contributed by atoms with E-state index in [-0.39, 0.29) is 0 Å². The van der Waals surface area contributed by atoms with Crippen LogP contribution in [0.5, 0.6) is 0 Å². The Hall–Kier alpha value is 2.19. The first-order chi connectivity index (χ1) is 9.14. The van der Waals surface area contributed by atoms with Crippen LogP contribution in [0.15, 0.2) is 30.3 Å². The van der Waals surface area contributed by atoms with Crippen molar-refractivity contribution in [1.82, 2.24) is 0 Å². The Morgan fingerprint density at radius 1 is 0.667 bits per heavy atom. The van der Waals surface area contributed by atoms with E-state index >= 15 is 0 Å². The van der Waals surface area contributed by atoms with Gasteiger partial charge in [0.15, 0.2) is 0 Å². The Morgan fingerprint density at radius 3 is 1.05 bits per heavy atom. The molecule has 0 fully saturated rings. The van der Waals surface area contributed by atoms with E-state index in [9.17, 15) is 0 Å². The Bertz CT molecular complexity index is 399. The molecular weight excluding hydrogens is 578 g/mol. The third kappa shape index (κ3) is 6.54. The van der Waals surface area contributed by atoms with Gasteiger partial charge in [0.1, 0.15) is 0 Å². The molecule has 0 atom stereocenters. The Kier molecular flexibility index (Phi) is 9.41. The van der Waals surface area contributed by atoms with E-state index in [1.165, 1.54) is 4.40 Å². The molecular formula is C13H26GeSe3Si4. The van der Waals surface area contributed by atoms with Crippen LogP contribution in [-0.4, -0.2) is 87.9 Å². The molecule has 1 aromatic rings. The maximum atomic E-state index is 3.60. The number of hydrogen-bond donors (Lipinski definition) is 0. The van der Waals surface area contributed by atoms with Gasteiger partial charge in [0.2, 0.25) is 0 Å². The predicted molar refractivity (Wildman–Crippen MR) is 113 cm³/mol. The van der Waals surface area contributed by atoms with Gasteiger partial charge >= 0.3 is 168 Å². The van der Waals surface area contributed by atoms with Crippen molar-refractivity contribution in [3.05, 3.63) is 30.3 Å². The van der Waals surface area contributed by atoms with E-state index in [0.29, 0.717) is 0 Å². The van der Waals surface area contributed by atoms with E-state index in [2.05, 4.69) is 121 Å². The van der Waals surface area contributed by atoms with Crippen LogP contribution >= 0.6 is 0 Å². The first kappa shape index (κ1) is 23.2. The Balaban J connectivity index is 0.000000471. The third-order valence-corrected chi connectivity index (χ3v) is 113. The molecule has 0 amide bonds. The number of benzene rings is 1. The van der Waals surface area contributed by atoms with Gasteiger partial charge in [0, 0.05) is 0 Å². The fourth-order valence-corrected chi connectivity index (χ4v) is 173. The molecule has 0 heterocycles. The van der Waals surface area contributed by atoms with E-state index in [4.69, 9.17) is 0 Å². The number of rotatable bonds is 3. The van der Waals surface area contributed by atoms with Gasteiger partial charge in [-0.25, -0.2) is 0 Å². The summed E-state index contributed by atoms with van der Waals surface area (Å²) in [6.07, 6.45) is -3.32. The van der Waals surface area contributed by atoms with E-state index in [0.717, 1.165) is 0 Å². The fraction of sp³-hybridized carbons (Fsp3) is 0.538. The summed E-state index contributed by atoms with van der Waals surface area (Å²) >= 11 is 12.9. The first-order valence-corrected chi connectivity index (χ1v) is 30.0. The van der Waals surface area contributed by atoms with Crippen LogP contribution in [0.4, 0.5) is 0 Å². The predicted octanol–water partition coefficient (Wildman–Crippen LogP) is 1.90. The van der Waals surface area contributed by atoms with Crippen LogP contribution in [-0.2, 0) is 0 Å². The fourth-order valence-electron chi connectivity index (χ4n) is 2.61. The topological polar surface area (TPSA) is 0 Å². The second-order valence-corrected chi connectivity index (χ2v) is 70.9. The van der Waals surface area contributed by atoms with Crippen molar-refractivity contribution in [3.63, 3.8) is 0 Å². The third-order valence-electron chi connectivity index (χ3n) is 4.39. The molecule has 0 saturated heterocycles. The van der Waals surface area contributed by atoms with E-state index in [1.807, 2.05) is 18.2 Å². The summed E-state index contributed by atoms with van der Waals surface area (Å²) < 4.78 is 1.32. The van der Waals surface area contributed by atoms with Crippen LogP contribution in [0, 0.1) is 0 Å². The Morgan fingerprint density at radius 2 is 0.952 bits per heavy atom. The van der Waals surface area contributed by atoms with Gasteiger partial charge in [-0.3, -0.25) is 0 Å². The molecule has 0 N–H and O–H groups in total. The van der Waals surface area contributed by atoms with Crippen molar-refractivity contribution in [2.24, 2.45) is 0 Å². The molecule has 0 spiro atoms. The molecule has 0 aliphatic heterocycles. The molecule has 6 radical (unpaired) electrons. The van der Waals surface area contributed by atoms with Crippen LogP contribution in [0.3, 0.4) is 0 Å². The second kappa shape index (κ2) is 8.52. The second-order valence-electron chi connectivity index (χ2n) is 7.02. The SMILES string of the molecule is C[Si](C)([Se])[Si](C)([Si](C)(C)[Se])[Si](C)(C)[Se].[Ge][c]1ccccc1. The quantitative estimate of drug-likeness (QED) is 0.463. The molecule has 8 heteroatoms. The maximum absolute atomic E-state index is 3.60. The average molecular weight is 604 g/mol. The molecule has 1 aromatic carbocycles. The molecule has 0 unspecified atom stereocenters. The van der Waals surface area contributed by atoms with Crippen molar-refractivity contribution in [3.8, 4) is 0 Å². The van der Waals surface area contributed by atoms with Crippen LogP contribution in [0.25, 0.3) is 0 Å². The summed E-state index contributed by atoms with van der Waals surface area (Å²) in [4.78, 5) is 0. The summed E-state index contributed by atoms with van der Waals surface area (Å²) in [5.41, 5.74) is 0. The zero-order chi connectivity index (χ0) is 17.1. The van der Waals surface area contributed by atoms with Gasteiger partial charge in [-0.2, -0.15) is 0 Å². The van der Waals surface area contributed by atoms with Crippen molar-refractivity contribution in [2.45, 2.75) is 45.8 Å². The van der Waals surface area contributed by atoms with Crippen LogP contribution in [0.2, 0.25) is 45.8 Å². The minimum absolute atomic E-state index is 1.10. The molecule has 0 aromatic heterocycles. The van der Waals surface area contributed by atoms with Crippen LogP contribution < -0.4 is 4.40 Å². The molecule has 0 nitrogen and oxygen atoms in total. The molecule has 0 bridgehead atoms. The summed E-state index contributed by atoms with van der Waals surface area (Å²) in [5, 5.41) is 0. The normalized spacial score (nSPS) is 13.5. The molecule has 0 aliphatic carbocycles. The van der Waals surface area contributed by atoms with Gasteiger partial charge in [0.05, 0.1) is 0 Å². The van der Waals surface area contributed by atoms with Gasteiger partial charge in [-0.15, -0.1) is 0 Å². The summed E-state index contributed by atoms with van der Waals surface area (Å²) in [5.74, 6) is 0. The van der Waals surface area contributed by atoms with Crippen molar-refractivity contribution >= 4 is 92.2 Å². The summed E-state index contributed by atoms with van der Waals surface area (Å²) in [7, 11) is 0. The molecule has 21 heavy (non-hydrogen) atoms. The molecule has 1 rings (SSSR count). The van der Waals surface area contributed by atoms with Crippen molar-refractivity contribution in [2.75, 3.05) is 0 Å². The standard InChI is InChI=1S/C7H21Se3Si4.C6H5Ge/c1-11(2,8)14(7,12(3,4)9)13(5,6)10;7-6-4-2-1-3-5-6/h1-7H3;1-5H. The van der Waals surface area contributed by atoms with Gasteiger partial charge < -0.3 is 0 Å². The zero-order valence-electron chi connectivity index (χ0n) is 14.1. The van der Waals surface area contributed by atoms with Gasteiger partial charge in [0.25, 0.3) is 0 Å². The van der Waals surface area contributed by atoms with Crippen LogP contribution in [0.1, 0.15) is 0 Å². The molecule has 0 saturated carbocycles. The van der Waals surface area contributed by atoms with Gasteiger partial charge in [-0.1, -0.05) is 0 Å². The Labute approximate surface area is 166 Å². The van der Waals surface area contributed by atoms with Crippen molar-refractivity contribution in [1.29, 1.82) is 0 Å². The van der Waals surface area contributed by atoms with E-state index in [1.54, 1.807) is 0 Å². The average Bonchev–Trinajstić information content (AvgIpc) is 2.25. The van der Waals surface area contributed by atoms with E-state index < -0.39 is 25.2 Å². The zero-order valence-corrected chi connectivity index (χ0v) is 25.3. The monoisotopic (exact) mass is 608 g/mol. The number of hydrogen-bond acceptors (Lipinski definition) is 0. The van der Waals surface area contributed by atoms with Crippen molar-refractivity contribution < 1.29 is 0 Å². The minimum atomic E-state index is -1.11.